The Balaban J connectivity index is 2.16. The molecule has 0 aromatic carbocycles. The van der Waals surface area contributed by atoms with Crippen LogP contribution in [0.25, 0.3) is 0 Å². The van der Waals surface area contributed by atoms with Gasteiger partial charge in [0.05, 0.1) is 6.61 Å². The van der Waals surface area contributed by atoms with Gasteiger partial charge in [-0.1, -0.05) is 0 Å². The van der Waals surface area contributed by atoms with Crippen molar-refractivity contribution in [1.29, 1.82) is 0 Å². The van der Waals surface area contributed by atoms with E-state index >= 15 is 0 Å². The number of hydrazine groups is 1. The van der Waals surface area contributed by atoms with E-state index in [1.54, 1.807) is 0 Å². The lowest BCUT2D eigenvalue weighted by Crippen LogP contribution is -2.39. The maximum Gasteiger partial charge on any atom is 0.0607 e. The maximum absolute atomic E-state index is 5.32. The van der Waals surface area contributed by atoms with Crippen molar-refractivity contribution in [3.8, 4) is 0 Å². The highest BCUT2D eigenvalue weighted by molar-refractivity contribution is 4.53. The van der Waals surface area contributed by atoms with Crippen molar-refractivity contribution in [2.75, 3.05) is 33.4 Å². The van der Waals surface area contributed by atoms with E-state index in [4.69, 9.17) is 4.74 Å². The molecule has 0 saturated carbocycles. The molecule has 0 spiro atoms. The summed E-state index contributed by atoms with van der Waals surface area (Å²) in [4.78, 5) is 0. The van der Waals surface area contributed by atoms with Gasteiger partial charge in [0.2, 0.25) is 0 Å². The molecular weight excluding hydrogens is 128 g/mol. The Kier molecular flexibility index (Phi) is 3.72. The molecule has 0 aromatic heterocycles. The molecule has 10 heavy (non-hydrogen) atoms. The molecule has 0 radical (unpaired) electrons. The largest absolute Gasteiger partial charge is 0.380 e. The molecule has 1 fully saturated rings. The van der Waals surface area contributed by atoms with Gasteiger partial charge < -0.3 is 4.74 Å². The molecule has 0 bridgehead atoms. The lowest BCUT2D eigenvalue weighted by atomic mass is 10.3. The first-order valence-electron chi connectivity index (χ1n) is 3.93. The summed E-state index contributed by atoms with van der Waals surface area (Å²) >= 11 is 0. The maximum atomic E-state index is 5.32. The normalized spacial score (nSPS) is 23.7. The van der Waals surface area contributed by atoms with Gasteiger partial charge in [0, 0.05) is 19.7 Å². The molecule has 3 heteroatoms. The molecule has 0 aliphatic carbocycles. The third kappa shape index (κ3) is 2.64. The lowest BCUT2D eigenvalue weighted by molar-refractivity contribution is 0.0637. The zero-order chi connectivity index (χ0) is 7.23. The summed E-state index contributed by atoms with van der Waals surface area (Å²) in [7, 11) is 1.96. The van der Waals surface area contributed by atoms with E-state index in [2.05, 4.69) is 10.4 Å². The average Bonchev–Trinajstić information content (AvgIpc) is 1.87. The monoisotopic (exact) mass is 144 g/mol. The molecule has 1 aliphatic rings. The zero-order valence-electron chi connectivity index (χ0n) is 6.60. The Morgan fingerprint density at radius 1 is 1.20 bits per heavy atom. The van der Waals surface area contributed by atoms with Crippen molar-refractivity contribution >= 4 is 0 Å². The van der Waals surface area contributed by atoms with E-state index in [9.17, 15) is 0 Å². The van der Waals surface area contributed by atoms with Crippen LogP contribution in [0.3, 0.4) is 0 Å². The Morgan fingerprint density at radius 3 is 2.90 bits per heavy atom. The Morgan fingerprint density at radius 2 is 2.10 bits per heavy atom. The average molecular weight is 144 g/mol. The minimum atomic E-state index is 0.862. The topological polar surface area (TPSA) is 24.5 Å². The van der Waals surface area contributed by atoms with E-state index in [1.807, 2.05) is 7.05 Å². The fourth-order valence-corrected chi connectivity index (χ4v) is 1.12. The van der Waals surface area contributed by atoms with Gasteiger partial charge in [-0.15, -0.1) is 0 Å². The van der Waals surface area contributed by atoms with Gasteiger partial charge in [0.25, 0.3) is 0 Å². The second-order valence-corrected chi connectivity index (χ2v) is 2.53. The summed E-state index contributed by atoms with van der Waals surface area (Å²) < 4.78 is 5.32. The van der Waals surface area contributed by atoms with Crippen molar-refractivity contribution in [3.63, 3.8) is 0 Å². The van der Waals surface area contributed by atoms with Crippen LogP contribution >= 0.6 is 0 Å². The molecule has 1 N–H and O–H groups in total. The number of ether oxygens (including phenoxy) is 1. The first-order valence-corrected chi connectivity index (χ1v) is 3.93. The highest BCUT2D eigenvalue weighted by Gasteiger charge is 2.04. The smallest absolute Gasteiger partial charge is 0.0607 e. The summed E-state index contributed by atoms with van der Waals surface area (Å²) in [5.74, 6) is 0. The molecule has 3 nitrogen and oxygen atoms in total. The van der Waals surface area contributed by atoms with Crippen LogP contribution in [0, 0.1) is 0 Å². The van der Waals surface area contributed by atoms with Gasteiger partial charge in [0.1, 0.15) is 0 Å². The number of rotatable bonds is 1. The number of nitrogens with zero attached hydrogens (tertiary/aromatic N) is 1. The molecule has 0 amide bonds. The summed E-state index contributed by atoms with van der Waals surface area (Å²) in [6.45, 7) is 3.97. The number of nitrogens with one attached hydrogen (secondary N) is 1. The second kappa shape index (κ2) is 4.66. The fraction of sp³-hybridized carbons (Fsp3) is 1.00. The quantitative estimate of drug-likeness (QED) is 0.570. The van der Waals surface area contributed by atoms with E-state index in [1.165, 1.54) is 12.8 Å². The van der Waals surface area contributed by atoms with Crippen molar-refractivity contribution in [2.24, 2.45) is 0 Å². The minimum absolute atomic E-state index is 0.862. The third-order valence-corrected chi connectivity index (χ3v) is 1.79. The first kappa shape index (κ1) is 7.98. The molecule has 1 saturated heterocycles. The highest BCUT2D eigenvalue weighted by atomic mass is 16.5. The molecule has 0 unspecified atom stereocenters. The predicted octanol–water partition coefficient (Wildman–Crippen LogP) is 0.233. The second-order valence-electron chi connectivity index (χ2n) is 2.53. The van der Waals surface area contributed by atoms with E-state index in [0.717, 1.165) is 26.3 Å². The van der Waals surface area contributed by atoms with Crippen LogP contribution in [0.5, 0.6) is 0 Å². The highest BCUT2D eigenvalue weighted by Crippen LogP contribution is 1.97. The van der Waals surface area contributed by atoms with Gasteiger partial charge in [-0.2, -0.15) is 0 Å². The van der Waals surface area contributed by atoms with Crippen molar-refractivity contribution in [3.05, 3.63) is 0 Å². The molecule has 1 rings (SSSR count). The fourth-order valence-electron chi connectivity index (χ4n) is 1.12. The van der Waals surface area contributed by atoms with Gasteiger partial charge >= 0.3 is 0 Å². The van der Waals surface area contributed by atoms with Crippen LogP contribution in [0.2, 0.25) is 0 Å². The summed E-state index contributed by atoms with van der Waals surface area (Å²) in [5, 5.41) is 2.19. The third-order valence-electron chi connectivity index (χ3n) is 1.79. The van der Waals surface area contributed by atoms with Crippen molar-refractivity contribution in [1.82, 2.24) is 10.4 Å². The van der Waals surface area contributed by atoms with Gasteiger partial charge in [0.15, 0.2) is 0 Å². The van der Waals surface area contributed by atoms with E-state index in [-0.39, 0.29) is 0 Å². The van der Waals surface area contributed by atoms with Crippen LogP contribution in [0.15, 0.2) is 0 Å². The molecular formula is C7H16N2O. The molecule has 0 aromatic rings. The predicted molar refractivity (Wildman–Crippen MR) is 40.7 cm³/mol. The zero-order valence-corrected chi connectivity index (χ0v) is 6.60. The first-order chi connectivity index (χ1) is 4.93. The van der Waals surface area contributed by atoms with Crippen LogP contribution in [-0.4, -0.2) is 38.4 Å². The van der Waals surface area contributed by atoms with Crippen LogP contribution in [0.1, 0.15) is 12.8 Å². The summed E-state index contributed by atoms with van der Waals surface area (Å²) in [6.07, 6.45) is 2.43. The minimum Gasteiger partial charge on any atom is -0.380 e. The van der Waals surface area contributed by atoms with E-state index < -0.39 is 0 Å². The Hall–Kier alpha value is -0.120. The van der Waals surface area contributed by atoms with Crippen molar-refractivity contribution < 1.29 is 4.74 Å². The van der Waals surface area contributed by atoms with Gasteiger partial charge in [-0.25, -0.2) is 5.01 Å². The number of hydrogen-bond donors (Lipinski definition) is 1. The summed E-state index contributed by atoms with van der Waals surface area (Å²) in [5.41, 5.74) is 3.12. The molecule has 60 valence electrons. The Bertz CT molecular complexity index is 79.7. The SMILES string of the molecule is CNN1CCCCOCC1. The van der Waals surface area contributed by atoms with Crippen LogP contribution in [-0.2, 0) is 4.74 Å². The molecule has 0 atom stereocenters. The van der Waals surface area contributed by atoms with Gasteiger partial charge in [-0.05, 0) is 19.9 Å². The molecule has 1 aliphatic heterocycles. The Labute approximate surface area is 62.3 Å². The summed E-state index contributed by atoms with van der Waals surface area (Å²) in [6, 6.07) is 0. The standard InChI is InChI=1S/C7H16N2O/c1-8-9-4-2-3-6-10-7-5-9/h8H,2-7H2,1H3. The van der Waals surface area contributed by atoms with Crippen LogP contribution in [0.4, 0.5) is 0 Å². The lowest BCUT2D eigenvalue weighted by Gasteiger charge is -2.22. The van der Waals surface area contributed by atoms with Crippen LogP contribution < -0.4 is 5.43 Å². The number of hydrogen-bond acceptors (Lipinski definition) is 3. The van der Waals surface area contributed by atoms with Gasteiger partial charge in [-0.3, -0.25) is 5.43 Å². The molecule has 1 heterocycles. The van der Waals surface area contributed by atoms with Crippen molar-refractivity contribution in [2.45, 2.75) is 12.8 Å². The van der Waals surface area contributed by atoms with E-state index in [0.29, 0.717) is 0 Å².